The molecule has 1 atom stereocenters. The number of hydrogen-bond donors (Lipinski definition) is 1. The van der Waals surface area contributed by atoms with Gasteiger partial charge >= 0.3 is 0 Å². The van der Waals surface area contributed by atoms with E-state index in [-0.39, 0.29) is 0 Å². The zero-order valence-corrected chi connectivity index (χ0v) is 7.42. The Kier molecular flexibility index (Phi) is 7.55. The van der Waals surface area contributed by atoms with Gasteiger partial charge in [0.05, 0.1) is 0 Å². The normalized spacial score (nSPS) is 11.6. The van der Waals surface area contributed by atoms with Gasteiger partial charge in [-0.1, -0.05) is 18.8 Å². The number of aliphatic hydroxyl groups is 1. The maximum atomic E-state index is 8.99. The first-order valence-electron chi connectivity index (χ1n) is 4.39. The van der Waals surface area contributed by atoms with E-state index in [1.54, 1.807) is 0 Å². The summed E-state index contributed by atoms with van der Waals surface area (Å²) in [6.07, 6.45) is 15.5. The van der Waals surface area contributed by atoms with Crippen LogP contribution in [0.3, 0.4) is 0 Å². The van der Waals surface area contributed by atoms with Crippen LogP contribution in [0.5, 0.6) is 0 Å². The molecule has 0 fully saturated rings. The van der Waals surface area contributed by atoms with Crippen molar-refractivity contribution in [2.75, 3.05) is 0 Å². The second-order valence-corrected chi connectivity index (χ2v) is 2.84. The molecule has 0 aliphatic rings. The first-order chi connectivity index (χ1) is 5.81. The Balaban J connectivity index is 3.03. The van der Waals surface area contributed by atoms with Gasteiger partial charge in [-0.05, 0) is 19.3 Å². The summed E-state index contributed by atoms with van der Waals surface area (Å²) in [6.45, 7) is 0. The highest BCUT2D eigenvalue weighted by Crippen LogP contribution is 2.06. The molecule has 12 heavy (non-hydrogen) atoms. The second-order valence-electron chi connectivity index (χ2n) is 2.84. The van der Waals surface area contributed by atoms with E-state index in [0.29, 0.717) is 6.42 Å². The van der Waals surface area contributed by atoms with Gasteiger partial charge in [0.2, 0.25) is 0 Å². The highest BCUT2D eigenvalue weighted by Gasteiger charge is 1.97. The van der Waals surface area contributed by atoms with Crippen molar-refractivity contribution >= 4 is 0 Å². The first-order valence-corrected chi connectivity index (χ1v) is 4.39. The van der Waals surface area contributed by atoms with Crippen molar-refractivity contribution in [2.45, 2.75) is 44.6 Å². The van der Waals surface area contributed by atoms with Crippen molar-refractivity contribution in [3.05, 3.63) is 0 Å². The third kappa shape index (κ3) is 7.19. The summed E-state index contributed by atoms with van der Waals surface area (Å²) in [7, 11) is 0. The van der Waals surface area contributed by atoms with E-state index < -0.39 is 6.10 Å². The van der Waals surface area contributed by atoms with Gasteiger partial charge < -0.3 is 5.11 Å². The lowest BCUT2D eigenvalue weighted by atomic mass is 10.1. The fourth-order valence-electron chi connectivity index (χ4n) is 1.00. The fourth-order valence-corrected chi connectivity index (χ4v) is 1.00. The molecular weight excluding hydrogens is 148 g/mol. The zero-order chi connectivity index (χ0) is 9.23. The van der Waals surface area contributed by atoms with Gasteiger partial charge in [-0.25, -0.2) is 0 Å². The van der Waals surface area contributed by atoms with Gasteiger partial charge in [0, 0.05) is 6.42 Å². The highest BCUT2D eigenvalue weighted by atomic mass is 16.3. The minimum Gasteiger partial charge on any atom is -0.380 e. The Morgan fingerprint density at radius 2 is 1.75 bits per heavy atom. The van der Waals surface area contributed by atoms with E-state index >= 15 is 0 Å². The SMILES string of the molecule is C#CCCCCCCC(O)C#C. The van der Waals surface area contributed by atoms with Crippen LogP contribution in [0.4, 0.5) is 0 Å². The van der Waals surface area contributed by atoms with Crippen molar-refractivity contribution in [1.82, 2.24) is 0 Å². The molecule has 1 nitrogen and oxygen atoms in total. The van der Waals surface area contributed by atoms with E-state index in [1.165, 1.54) is 0 Å². The Labute approximate surface area is 75.2 Å². The summed E-state index contributed by atoms with van der Waals surface area (Å²) >= 11 is 0. The minimum atomic E-state index is -0.558. The molecule has 0 rings (SSSR count). The van der Waals surface area contributed by atoms with Crippen molar-refractivity contribution < 1.29 is 5.11 Å². The van der Waals surface area contributed by atoms with Crippen molar-refractivity contribution in [2.24, 2.45) is 0 Å². The van der Waals surface area contributed by atoms with Crippen LogP contribution < -0.4 is 0 Å². The summed E-state index contributed by atoms with van der Waals surface area (Å²) in [5, 5.41) is 8.99. The predicted molar refractivity (Wildman–Crippen MR) is 51.4 cm³/mol. The lowest BCUT2D eigenvalue weighted by Crippen LogP contribution is -2.01. The molecule has 66 valence electrons. The largest absolute Gasteiger partial charge is 0.380 e. The Hall–Kier alpha value is -0.920. The van der Waals surface area contributed by atoms with Crippen LogP contribution in [0.15, 0.2) is 0 Å². The monoisotopic (exact) mass is 164 g/mol. The number of rotatable bonds is 6. The van der Waals surface area contributed by atoms with Crippen LogP contribution in [0, 0.1) is 24.7 Å². The van der Waals surface area contributed by atoms with E-state index in [4.69, 9.17) is 18.0 Å². The van der Waals surface area contributed by atoms with E-state index in [1.807, 2.05) is 0 Å². The number of hydrogen-bond acceptors (Lipinski definition) is 1. The maximum Gasteiger partial charge on any atom is 0.114 e. The van der Waals surface area contributed by atoms with E-state index in [2.05, 4.69) is 11.8 Å². The third-order valence-electron chi connectivity index (χ3n) is 1.74. The van der Waals surface area contributed by atoms with Crippen LogP contribution in [0.1, 0.15) is 38.5 Å². The van der Waals surface area contributed by atoms with E-state index in [9.17, 15) is 0 Å². The molecule has 1 N–H and O–H groups in total. The van der Waals surface area contributed by atoms with Crippen molar-refractivity contribution in [3.63, 3.8) is 0 Å². The average molecular weight is 164 g/mol. The van der Waals surface area contributed by atoms with Gasteiger partial charge in [0.15, 0.2) is 0 Å². The van der Waals surface area contributed by atoms with Gasteiger partial charge in [0.25, 0.3) is 0 Å². The Morgan fingerprint density at radius 1 is 1.08 bits per heavy atom. The van der Waals surface area contributed by atoms with Crippen LogP contribution >= 0.6 is 0 Å². The zero-order valence-electron chi connectivity index (χ0n) is 7.42. The van der Waals surface area contributed by atoms with Gasteiger partial charge in [0.1, 0.15) is 6.10 Å². The first kappa shape index (κ1) is 11.1. The molecule has 0 aromatic carbocycles. The fraction of sp³-hybridized carbons (Fsp3) is 0.636. The van der Waals surface area contributed by atoms with Crippen molar-refractivity contribution in [1.29, 1.82) is 0 Å². The molecule has 0 amide bonds. The molecular formula is C11H16O. The third-order valence-corrected chi connectivity index (χ3v) is 1.74. The van der Waals surface area contributed by atoms with Crippen LogP contribution in [0.2, 0.25) is 0 Å². The molecule has 0 saturated heterocycles. The lowest BCUT2D eigenvalue weighted by molar-refractivity contribution is 0.217. The summed E-state index contributed by atoms with van der Waals surface area (Å²) in [4.78, 5) is 0. The highest BCUT2D eigenvalue weighted by molar-refractivity contribution is 4.92. The summed E-state index contributed by atoms with van der Waals surface area (Å²) in [6, 6.07) is 0. The summed E-state index contributed by atoms with van der Waals surface area (Å²) in [5.74, 6) is 4.89. The number of terminal acetylenes is 2. The van der Waals surface area contributed by atoms with Crippen LogP contribution in [-0.4, -0.2) is 11.2 Å². The predicted octanol–water partition coefficient (Wildman–Crippen LogP) is 1.95. The minimum absolute atomic E-state index is 0.558. The van der Waals surface area contributed by atoms with Crippen LogP contribution in [-0.2, 0) is 0 Å². The average Bonchev–Trinajstić information content (AvgIpc) is 2.10. The maximum absolute atomic E-state index is 8.99. The smallest absolute Gasteiger partial charge is 0.114 e. The molecule has 1 unspecified atom stereocenters. The molecule has 0 aliphatic carbocycles. The summed E-state index contributed by atoms with van der Waals surface area (Å²) in [5.41, 5.74) is 0. The molecule has 0 heterocycles. The Bertz CT molecular complexity index is 170. The topological polar surface area (TPSA) is 20.2 Å². The molecule has 0 aromatic heterocycles. The molecule has 0 aliphatic heterocycles. The van der Waals surface area contributed by atoms with Crippen LogP contribution in [0.25, 0.3) is 0 Å². The van der Waals surface area contributed by atoms with E-state index in [0.717, 1.165) is 32.1 Å². The second kappa shape index (κ2) is 8.18. The number of unbranched alkanes of at least 4 members (excludes halogenated alkanes) is 4. The molecule has 1 heteroatoms. The summed E-state index contributed by atoms with van der Waals surface area (Å²) < 4.78 is 0. The van der Waals surface area contributed by atoms with Crippen molar-refractivity contribution in [3.8, 4) is 24.7 Å². The van der Waals surface area contributed by atoms with Gasteiger partial charge in [-0.3, -0.25) is 0 Å². The molecule has 0 spiro atoms. The standard InChI is InChI=1S/C11H16O/c1-3-5-6-7-8-9-10-11(12)4-2/h1-2,11-12H,5-10H2. The molecule has 0 aromatic rings. The molecule has 0 radical (unpaired) electrons. The van der Waals surface area contributed by atoms with Gasteiger partial charge in [-0.15, -0.1) is 18.8 Å². The lowest BCUT2D eigenvalue weighted by Gasteiger charge is -2.01. The molecule has 0 bridgehead atoms. The Morgan fingerprint density at radius 3 is 2.33 bits per heavy atom. The number of aliphatic hydroxyl groups excluding tert-OH is 1. The van der Waals surface area contributed by atoms with Gasteiger partial charge in [-0.2, -0.15) is 0 Å². The quantitative estimate of drug-likeness (QED) is 0.470. The molecule has 0 saturated carbocycles.